The van der Waals surface area contributed by atoms with Gasteiger partial charge in [0.1, 0.15) is 0 Å². The zero-order chi connectivity index (χ0) is 10.4. The number of hydrogen-bond donors (Lipinski definition) is 2. The zero-order valence-electron chi connectivity index (χ0n) is 8.90. The Morgan fingerprint density at radius 3 is 2.50 bits per heavy atom. The second-order valence-electron chi connectivity index (χ2n) is 3.60. The number of benzene rings is 1. The average molecular weight is 193 g/mol. The second-order valence-corrected chi connectivity index (χ2v) is 3.60. The molecular weight excluding hydrogens is 174 g/mol. The van der Waals surface area contributed by atoms with Crippen molar-refractivity contribution in [3.05, 3.63) is 35.9 Å². The number of aliphatic hydroxyl groups is 1. The van der Waals surface area contributed by atoms with Gasteiger partial charge in [0.05, 0.1) is 6.10 Å². The van der Waals surface area contributed by atoms with Crippen molar-refractivity contribution in [1.82, 2.24) is 5.32 Å². The molecule has 0 aliphatic rings. The van der Waals surface area contributed by atoms with Crippen LogP contribution in [0, 0.1) is 0 Å². The fourth-order valence-corrected chi connectivity index (χ4v) is 1.49. The van der Waals surface area contributed by atoms with Gasteiger partial charge in [-0.2, -0.15) is 0 Å². The molecule has 2 nitrogen and oxygen atoms in total. The molecule has 0 saturated carbocycles. The molecule has 1 rings (SSSR count). The Morgan fingerprint density at radius 2 is 1.93 bits per heavy atom. The van der Waals surface area contributed by atoms with E-state index in [2.05, 4.69) is 5.32 Å². The smallest absolute Gasteiger partial charge is 0.0730 e. The molecule has 0 aliphatic carbocycles. The first kappa shape index (κ1) is 11.2. The third kappa shape index (κ3) is 3.48. The zero-order valence-corrected chi connectivity index (χ0v) is 8.90. The number of rotatable bonds is 5. The normalized spacial score (nSPS) is 15.1. The highest BCUT2D eigenvalue weighted by Crippen LogP contribution is 2.05. The van der Waals surface area contributed by atoms with Gasteiger partial charge >= 0.3 is 0 Å². The van der Waals surface area contributed by atoms with E-state index in [9.17, 15) is 5.11 Å². The van der Waals surface area contributed by atoms with E-state index < -0.39 is 0 Å². The van der Waals surface area contributed by atoms with E-state index in [1.807, 2.05) is 44.2 Å². The lowest BCUT2D eigenvalue weighted by molar-refractivity contribution is 0.135. The van der Waals surface area contributed by atoms with Crippen molar-refractivity contribution in [2.45, 2.75) is 32.4 Å². The topological polar surface area (TPSA) is 32.3 Å². The Labute approximate surface area is 86.0 Å². The molecule has 2 heteroatoms. The predicted octanol–water partition coefficient (Wildman–Crippen LogP) is 1.59. The van der Waals surface area contributed by atoms with E-state index >= 15 is 0 Å². The lowest BCUT2D eigenvalue weighted by Gasteiger charge is -2.19. The fourth-order valence-electron chi connectivity index (χ4n) is 1.49. The van der Waals surface area contributed by atoms with Crippen LogP contribution in [0.3, 0.4) is 0 Å². The van der Waals surface area contributed by atoms with Crippen molar-refractivity contribution in [3.63, 3.8) is 0 Å². The van der Waals surface area contributed by atoms with Crippen molar-refractivity contribution in [1.29, 1.82) is 0 Å². The van der Waals surface area contributed by atoms with Crippen molar-refractivity contribution in [2.24, 2.45) is 0 Å². The minimum atomic E-state index is -0.308. The van der Waals surface area contributed by atoms with Gasteiger partial charge in [-0.3, -0.25) is 0 Å². The lowest BCUT2D eigenvalue weighted by atomic mass is 10.0. The van der Waals surface area contributed by atoms with Gasteiger partial charge < -0.3 is 10.4 Å². The fraction of sp³-hybridized carbons (Fsp3) is 0.500. The monoisotopic (exact) mass is 193 g/mol. The molecule has 2 N–H and O–H groups in total. The van der Waals surface area contributed by atoms with Crippen LogP contribution in [0.5, 0.6) is 0 Å². The summed E-state index contributed by atoms with van der Waals surface area (Å²) < 4.78 is 0. The molecule has 0 spiro atoms. The van der Waals surface area contributed by atoms with Crippen molar-refractivity contribution in [2.75, 3.05) is 6.54 Å². The molecule has 2 atom stereocenters. The quantitative estimate of drug-likeness (QED) is 0.744. The summed E-state index contributed by atoms with van der Waals surface area (Å²) in [5.74, 6) is 0. The van der Waals surface area contributed by atoms with Crippen molar-refractivity contribution in [3.8, 4) is 0 Å². The van der Waals surface area contributed by atoms with Gasteiger partial charge in [0.2, 0.25) is 0 Å². The molecule has 78 valence electrons. The Kier molecular flexibility index (Phi) is 4.63. The van der Waals surface area contributed by atoms with Crippen molar-refractivity contribution < 1.29 is 5.11 Å². The Bertz CT molecular complexity index is 248. The molecule has 1 aromatic rings. The van der Waals surface area contributed by atoms with Gasteiger partial charge in [-0.1, -0.05) is 37.3 Å². The van der Waals surface area contributed by atoms with Crippen LogP contribution in [-0.4, -0.2) is 23.8 Å². The van der Waals surface area contributed by atoms with Crippen LogP contribution in [0.4, 0.5) is 0 Å². The lowest BCUT2D eigenvalue weighted by Crippen LogP contribution is -2.38. The minimum Gasteiger partial charge on any atom is -0.391 e. The van der Waals surface area contributed by atoms with Gasteiger partial charge in [-0.05, 0) is 25.5 Å². The second kappa shape index (κ2) is 5.78. The SMILES string of the molecule is CCNC(C)C(O)Cc1ccccc1. The molecule has 1 aromatic carbocycles. The number of likely N-dealkylation sites (N-methyl/N-ethyl adjacent to an activating group) is 1. The Balaban J connectivity index is 2.44. The van der Waals surface area contributed by atoms with E-state index in [0.717, 1.165) is 13.0 Å². The van der Waals surface area contributed by atoms with Gasteiger partial charge in [0.15, 0.2) is 0 Å². The van der Waals surface area contributed by atoms with E-state index in [4.69, 9.17) is 0 Å². The van der Waals surface area contributed by atoms with Crippen LogP contribution in [0.25, 0.3) is 0 Å². The molecule has 0 aliphatic heterocycles. The predicted molar refractivity (Wildman–Crippen MR) is 59.3 cm³/mol. The molecule has 0 saturated heterocycles. The van der Waals surface area contributed by atoms with E-state index in [-0.39, 0.29) is 12.1 Å². The third-order valence-corrected chi connectivity index (χ3v) is 2.39. The first-order chi connectivity index (χ1) is 6.74. The standard InChI is InChI=1S/C12H19NO/c1-3-13-10(2)12(14)9-11-7-5-4-6-8-11/h4-8,10,12-14H,3,9H2,1-2H3. The summed E-state index contributed by atoms with van der Waals surface area (Å²) in [6.07, 6.45) is 0.409. The number of hydrogen-bond acceptors (Lipinski definition) is 2. The van der Waals surface area contributed by atoms with Crippen LogP contribution in [0.15, 0.2) is 30.3 Å². The molecular formula is C12H19NO. The average Bonchev–Trinajstić information content (AvgIpc) is 2.19. The molecule has 2 unspecified atom stereocenters. The molecule has 0 radical (unpaired) electrons. The van der Waals surface area contributed by atoms with Crippen LogP contribution >= 0.6 is 0 Å². The summed E-state index contributed by atoms with van der Waals surface area (Å²) in [6, 6.07) is 10.2. The number of nitrogens with one attached hydrogen (secondary N) is 1. The van der Waals surface area contributed by atoms with Crippen LogP contribution in [-0.2, 0) is 6.42 Å². The maximum absolute atomic E-state index is 9.84. The minimum absolute atomic E-state index is 0.153. The van der Waals surface area contributed by atoms with Crippen molar-refractivity contribution >= 4 is 0 Å². The summed E-state index contributed by atoms with van der Waals surface area (Å²) in [7, 11) is 0. The maximum atomic E-state index is 9.84. The molecule has 0 fully saturated rings. The number of aliphatic hydroxyl groups excluding tert-OH is 1. The van der Waals surface area contributed by atoms with Gasteiger partial charge in [0, 0.05) is 6.04 Å². The Hall–Kier alpha value is -0.860. The summed E-state index contributed by atoms with van der Waals surface area (Å²) in [5.41, 5.74) is 1.18. The maximum Gasteiger partial charge on any atom is 0.0730 e. The van der Waals surface area contributed by atoms with E-state index in [0.29, 0.717) is 0 Å². The van der Waals surface area contributed by atoms with Gasteiger partial charge in [0.25, 0.3) is 0 Å². The summed E-state index contributed by atoms with van der Waals surface area (Å²) in [6.45, 7) is 4.95. The van der Waals surface area contributed by atoms with E-state index in [1.54, 1.807) is 0 Å². The third-order valence-electron chi connectivity index (χ3n) is 2.39. The van der Waals surface area contributed by atoms with E-state index in [1.165, 1.54) is 5.56 Å². The first-order valence-electron chi connectivity index (χ1n) is 5.19. The van der Waals surface area contributed by atoms with Gasteiger partial charge in [-0.15, -0.1) is 0 Å². The highest BCUT2D eigenvalue weighted by molar-refractivity contribution is 5.15. The van der Waals surface area contributed by atoms with Gasteiger partial charge in [-0.25, -0.2) is 0 Å². The summed E-state index contributed by atoms with van der Waals surface area (Å²) >= 11 is 0. The molecule has 0 amide bonds. The molecule has 0 aromatic heterocycles. The van der Waals surface area contributed by atoms with Crippen LogP contribution < -0.4 is 5.32 Å². The highest BCUT2D eigenvalue weighted by Gasteiger charge is 2.12. The summed E-state index contributed by atoms with van der Waals surface area (Å²) in [4.78, 5) is 0. The largest absolute Gasteiger partial charge is 0.391 e. The summed E-state index contributed by atoms with van der Waals surface area (Å²) in [5, 5.41) is 13.1. The highest BCUT2D eigenvalue weighted by atomic mass is 16.3. The van der Waals surface area contributed by atoms with Crippen LogP contribution in [0.2, 0.25) is 0 Å². The Morgan fingerprint density at radius 1 is 1.29 bits per heavy atom. The van der Waals surface area contributed by atoms with Crippen LogP contribution in [0.1, 0.15) is 19.4 Å². The molecule has 14 heavy (non-hydrogen) atoms. The molecule has 0 bridgehead atoms. The first-order valence-corrected chi connectivity index (χ1v) is 5.19. The molecule has 0 heterocycles.